The number of nitrogens with one attached hydrogen (secondary N) is 1. The molecule has 0 spiro atoms. The average Bonchev–Trinajstić information content (AvgIpc) is 3.38. The SMILES string of the molecule is O=C(CCN(CCCN1CCOCC1)S(=O)(=O)c1cccs1)N1CCNCC1.O=C(O)C(F)(F)F. The predicted molar refractivity (Wildman–Crippen MR) is 123 cm³/mol. The van der Waals surface area contributed by atoms with Gasteiger partial charge in [-0.05, 0) is 24.4 Å². The number of halogens is 3. The molecular weight excluding hydrogens is 513 g/mol. The van der Waals surface area contributed by atoms with Crippen LogP contribution in [-0.4, -0.2) is 118 Å². The number of carbonyl (C=O) groups is 2. The molecule has 0 radical (unpaired) electrons. The van der Waals surface area contributed by atoms with Crippen molar-refractivity contribution in [2.45, 2.75) is 23.2 Å². The number of morpholine rings is 1. The smallest absolute Gasteiger partial charge is 0.475 e. The number of aliphatic carboxylic acids is 1. The molecule has 2 aliphatic heterocycles. The van der Waals surface area contributed by atoms with Gasteiger partial charge >= 0.3 is 12.1 Å². The summed E-state index contributed by atoms with van der Waals surface area (Å²) in [6, 6.07) is 3.38. The number of carbonyl (C=O) groups excluding carboxylic acids is 1. The molecular formula is C20H31F3N4O6S2. The van der Waals surface area contributed by atoms with Crippen molar-refractivity contribution in [3.63, 3.8) is 0 Å². The fraction of sp³-hybridized carbons (Fsp3) is 0.700. The summed E-state index contributed by atoms with van der Waals surface area (Å²) in [6.07, 6.45) is -4.12. The first-order valence-electron chi connectivity index (χ1n) is 11.1. The Kier molecular flexibility index (Phi) is 11.9. The summed E-state index contributed by atoms with van der Waals surface area (Å²) in [6.45, 7) is 7.70. The van der Waals surface area contributed by atoms with E-state index in [0.29, 0.717) is 23.8 Å². The zero-order valence-corrected chi connectivity index (χ0v) is 20.8. The number of amides is 1. The lowest BCUT2D eigenvalue weighted by Crippen LogP contribution is -2.47. The summed E-state index contributed by atoms with van der Waals surface area (Å²) in [5, 5.41) is 12.1. The third-order valence-corrected chi connectivity index (χ3v) is 8.63. The lowest BCUT2D eigenvalue weighted by molar-refractivity contribution is -0.192. The number of nitrogens with zero attached hydrogens (tertiary/aromatic N) is 3. The summed E-state index contributed by atoms with van der Waals surface area (Å²) in [7, 11) is -3.56. The summed E-state index contributed by atoms with van der Waals surface area (Å²) >= 11 is 1.22. The molecule has 35 heavy (non-hydrogen) atoms. The van der Waals surface area contributed by atoms with E-state index in [0.717, 1.165) is 52.4 Å². The van der Waals surface area contributed by atoms with Crippen molar-refractivity contribution in [3.8, 4) is 0 Å². The molecule has 10 nitrogen and oxygen atoms in total. The molecule has 2 saturated heterocycles. The molecule has 0 aromatic carbocycles. The van der Waals surface area contributed by atoms with Gasteiger partial charge in [0.2, 0.25) is 5.91 Å². The minimum Gasteiger partial charge on any atom is -0.475 e. The Balaban J connectivity index is 0.000000540. The number of alkyl halides is 3. The molecule has 0 unspecified atom stereocenters. The van der Waals surface area contributed by atoms with E-state index >= 15 is 0 Å². The van der Waals surface area contributed by atoms with Gasteiger partial charge in [-0.3, -0.25) is 9.69 Å². The highest BCUT2D eigenvalue weighted by Crippen LogP contribution is 2.21. The second kappa shape index (κ2) is 14.1. The summed E-state index contributed by atoms with van der Waals surface area (Å²) in [5.74, 6) is -2.73. The van der Waals surface area contributed by atoms with Crippen LogP contribution in [0.5, 0.6) is 0 Å². The minimum atomic E-state index is -5.08. The van der Waals surface area contributed by atoms with Gasteiger partial charge in [-0.25, -0.2) is 13.2 Å². The third-order valence-electron chi connectivity index (χ3n) is 5.36. The molecule has 0 bridgehead atoms. The maximum absolute atomic E-state index is 13.0. The quantitative estimate of drug-likeness (QED) is 0.471. The van der Waals surface area contributed by atoms with Crippen LogP contribution in [-0.2, 0) is 24.3 Å². The summed E-state index contributed by atoms with van der Waals surface area (Å²) in [4.78, 5) is 25.5. The lowest BCUT2D eigenvalue weighted by atomic mass is 10.3. The number of sulfonamides is 1. The number of carboxylic acids is 1. The summed E-state index contributed by atoms with van der Waals surface area (Å²) < 4.78 is 65.0. The van der Waals surface area contributed by atoms with Crippen molar-refractivity contribution in [1.29, 1.82) is 0 Å². The average molecular weight is 545 g/mol. The van der Waals surface area contributed by atoms with E-state index in [-0.39, 0.29) is 18.9 Å². The maximum atomic E-state index is 13.0. The van der Waals surface area contributed by atoms with Gasteiger partial charge in [0, 0.05) is 58.8 Å². The van der Waals surface area contributed by atoms with Crippen LogP contribution in [0.15, 0.2) is 21.7 Å². The molecule has 15 heteroatoms. The maximum Gasteiger partial charge on any atom is 0.490 e. The van der Waals surface area contributed by atoms with Crippen LogP contribution in [0.25, 0.3) is 0 Å². The molecule has 2 N–H and O–H groups in total. The normalized spacial score (nSPS) is 17.7. The molecule has 3 rings (SSSR count). The third kappa shape index (κ3) is 10.0. The first-order chi connectivity index (χ1) is 16.5. The fourth-order valence-electron chi connectivity index (χ4n) is 3.48. The first kappa shape index (κ1) is 29.5. The van der Waals surface area contributed by atoms with Gasteiger partial charge in [-0.15, -0.1) is 11.3 Å². The van der Waals surface area contributed by atoms with E-state index < -0.39 is 22.2 Å². The standard InChI is InChI=1S/C18H30N4O4S2.C2HF3O2/c23-17(21-10-5-19-6-11-21)4-9-22(28(24,25)18-3-1-16-27-18)8-2-7-20-12-14-26-15-13-20;3-2(4,5)1(6)7/h1,3,16,19H,2,4-15H2;(H,6,7). The highest BCUT2D eigenvalue weighted by Gasteiger charge is 2.38. The number of ether oxygens (including phenoxy) is 1. The minimum absolute atomic E-state index is 0.0288. The van der Waals surface area contributed by atoms with Crippen LogP contribution in [0.4, 0.5) is 13.2 Å². The lowest BCUT2D eigenvalue weighted by Gasteiger charge is -2.29. The van der Waals surface area contributed by atoms with Crippen LogP contribution in [0, 0.1) is 0 Å². The molecule has 2 fully saturated rings. The Morgan fingerprint density at radius 1 is 1.14 bits per heavy atom. The monoisotopic (exact) mass is 544 g/mol. The number of thiophene rings is 1. The fourth-order valence-corrected chi connectivity index (χ4v) is 6.10. The number of hydrogen-bond acceptors (Lipinski definition) is 8. The molecule has 3 heterocycles. The highest BCUT2D eigenvalue weighted by atomic mass is 32.2. The molecule has 1 aromatic heterocycles. The largest absolute Gasteiger partial charge is 0.490 e. The Labute approximate surface area is 206 Å². The molecule has 1 aromatic rings. The van der Waals surface area contributed by atoms with Crippen LogP contribution < -0.4 is 5.32 Å². The predicted octanol–water partition coefficient (Wildman–Crippen LogP) is 0.916. The van der Waals surface area contributed by atoms with Crippen molar-refractivity contribution in [1.82, 2.24) is 19.4 Å². The van der Waals surface area contributed by atoms with Gasteiger partial charge in [-0.2, -0.15) is 17.5 Å². The number of hydrogen-bond donors (Lipinski definition) is 2. The Hall–Kier alpha value is -1.78. The summed E-state index contributed by atoms with van der Waals surface area (Å²) in [5.41, 5.74) is 0. The van der Waals surface area contributed by atoms with Gasteiger partial charge in [0.05, 0.1) is 13.2 Å². The zero-order chi connectivity index (χ0) is 25.9. The van der Waals surface area contributed by atoms with Crippen LogP contribution >= 0.6 is 11.3 Å². The van der Waals surface area contributed by atoms with Crippen molar-refractivity contribution < 1.29 is 41.0 Å². The number of piperazine rings is 1. The second-order valence-electron chi connectivity index (χ2n) is 7.83. The molecule has 2 aliphatic rings. The molecule has 200 valence electrons. The van der Waals surface area contributed by atoms with Gasteiger partial charge in [-0.1, -0.05) is 6.07 Å². The van der Waals surface area contributed by atoms with Crippen molar-refractivity contribution in [3.05, 3.63) is 17.5 Å². The Morgan fingerprint density at radius 2 is 1.77 bits per heavy atom. The van der Waals surface area contributed by atoms with E-state index in [1.807, 2.05) is 4.90 Å². The molecule has 0 aliphatic carbocycles. The van der Waals surface area contributed by atoms with Crippen molar-refractivity contribution in [2.75, 3.05) is 72.1 Å². The topological polar surface area (TPSA) is 119 Å². The second-order valence-corrected chi connectivity index (χ2v) is 10.9. The Bertz CT molecular complexity index is 887. The number of carboxylic acid groups (broad SMARTS) is 1. The van der Waals surface area contributed by atoms with Crippen molar-refractivity contribution in [2.24, 2.45) is 0 Å². The van der Waals surface area contributed by atoms with E-state index in [1.165, 1.54) is 15.6 Å². The zero-order valence-electron chi connectivity index (χ0n) is 19.2. The van der Waals surface area contributed by atoms with Gasteiger partial charge in [0.25, 0.3) is 10.0 Å². The van der Waals surface area contributed by atoms with Crippen LogP contribution in [0.1, 0.15) is 12.8 Å². The van der Waals surface area contributed by atoms with E-state index in [2.05, 4.69) is 10.2 Å². The van der Waals surface area contributed by atoms with Crippen LogP contribution in [0.3, 0.4) is 0 Å². The highest BCUT2D eigenvalue weighted by molar-refractivity contribution is 7.91. The van der Waals surface area contributed by atoms with E-state index in [9.17, 15) is 26.4 Å². The number of rotatable bonds is 9. The Morgan fingerprint density at radius 3 is 2.31 bits per heavy atom. The van der Waals surface area contributed by atoms with Crippen molar-refractivity contribution >= 4 is 33.2 Å². The molecule has 1 amide bonds. The van der Waals surface area contributed by atoms with Crippen LogP contribution in [0.2, 0.25) is 0 Å². The first-order valence-corrected chi connectivity index (χ1v) is 13.5. The van der Waals surface area contributed by atoms with Gasteiger partial charge < -0.3 is 20.1 Å². The van der Waals surface area contributed by atoms with Gasteiger partial charge in [0.1, 0.15) is 4.21 Å². The van der Waals surface area contributed by atoms with Gasteiger partial charge in [0.15, 0.2) is 0 Å². The molecule has 0 saturated carbocycles. The molecule has 0 atom stereocenters. The van der Waals surface area contributed by atoms with E-state index in [1.54, 1.807) is 17.5 Å². The van der Waals surface area contributed by atoms with E-state index in [4.69, 9.17) is 14.6 Å².